The molecule has 1 atom stereocenters. The Morgan fingerprint density at radius 2 is 1.74 bits per heavy atom. The molecule has 0 saturated heterocycles. The average molecular weight is 473 g/mol. The number of aromatic nitrogens is 3. The molecule has 0 aliphatic carbocycles. The molecule has 2 aromatic heterocycles. The number of rotatable bonds is 7. The summed E-state index contributed by atoms with van der Waals surface area (Å²) in [4.78, 5) is 15.9. The quantitative estimate of drug-likeness (QED) is 0.372. The van der Waals surface area contributed by atoms with Crippen LogP contribution in [0.4, 0.5) is 13.2 Å². The molecule has 9 nitrogen and oxygen atoms in total. The number of halogens is 3. The van der Waals surface area contributed by atoms with Crippen molar-refractivity contribution in [1.29, 1.82) is 0 Å². The van der Waals surface area contributed by atoms with E-state index in [2.05, 4.69) is 20.6 Å². The van der Waals surface area contributed by atoms with E-state index < -0.39 is 41.1 Å². The van der Waals surface area contributed by atoms with Crippen molar-refractivity contribution in [2.75, 3.05) is 13.1 Å². The highest BCUT2D eigenvalue weighted by molar-refractivity contribution is 5.82. The molecule has 34 heavy (non-hydrogen) atoms. The molecule has 0 bridgehead atoms. The number of nitrogens with two attached hydrogens (primary N) is 1. The first-order valence-corrected chi connectivity index (χ1v) is 10.0. The van der Waals surface area contributed by atoms with Gasteiger partial charge >= 0.3 is 6.18 Å². The molecular formula is C22H18F3N5O4. The second-order valence-electron chi connectivity index (χ2n) is 7.13. The molecule has 0 radical (unpaired) electrons. The summed E-state index contributed by atoms with van der Waals surface area (Å²) in [6.45, 7) is 0.443. The van der Waals surface area contributed by atoms with Crippen LogP contribution in [0.25, 0.3) is 34.3 Å². The van der Waals surface area contributed by atoms with Crippen LogP contribution in [0.3, 0.4) is 0 Å². The minimum atomic E-state index is -4.79. The SMILES string of the molecule is NCCNC(=O)[C@@H](O)c1ccc(-c2noc(-c3onc(-c4ccccc4)c3C(F)(F)F)n2)cc1. The monoisotopic (exact) mass is 473 g/mol. The maximum absolute atomic E-state index is 13.9. The van der Waals surface area contributed by atoms with Crippen molar-refractivity contribution in [2.24, 2.45) is 5.73 Å². The minimum absolute atomic E-state index is 0.0191. The number of nitrogens with one attached hydrogen (secondary N) is 1. The van der Waals surface area contributed by atoms with Crippen molar-refractivity contribution in [2.45, 2.75) is 12.3 Å². The van der Waals surface area contributed by atoms with Crippen LogP contribution in [-0.2, 0) is 11.0 Å². The number of carbonyl (C=O) groups excluding carboxylic acids is 1. The van der Waals surface area contributed by atoms with Crippen LogP contribution >= 0.6 is 0 Å². The maximum atomic E-state index is 13.9. The summed E-state index contributed by atoms with van der Waals surface area (Å²) in [5.41, 5.74) is 4.68. The second kappa shape index (κ2) is 9.45. The first-order chi connectivity index (χ1) is 16.3. The van der Waals surface area contributed by atoms with Crippen LogP contribution < -0.4 is 11.1 Å². The van der Waals surface area contributed by atoms with Crippen LogP contribution in [0.15, 0.2) is 63.6 Å². The molecule has 4 rings (SSSR count). The fraction of sp³-hybridized carbons (Fsp3) is 0.182. The molecule has 176 valence electrons. The Morgan fingerprint density at radius 1 is 1.03 bits per heavy atom. The lowest BCUT2D eigenvalue weighted by molar-refractivity contribution is -0.137. The fourth-order valence-electron chi connectivity index (χ4n) is 3.18. The van der Waals surface area contributed by atoms with Crippen molar-refractivity contribution in [1.82, 2.24) is 20.6 Å². The van der Waals surface area contributed by atoms with Gasteiger partial charge in [-0.05, 0) is 5.56 Å². The molecule has 0 fully saturated rings. The van der Waals surface area contributed by atoms with Crippen molar-refractivity contribution in [3.63, 3.8) is 0 Å². The Morgan fingerprint density at radius 3 is 2.38 bits per heavy atom. The Kier molecular flexibility index (Phi) is 6.43. The smallest absolute Gasteiger partial charge is 0.378 e. The Bertz CT molecular complexity index is 1270. The van der Waals surface area contributed by atoms with E-state index in [1.807, 2.05) is 0 Å². The molecule has 1 amide bonds. The maximum Gasteiger partial charge on any atom is 0.422 e. The van der Waals surface area contributed by atoms with Gasteiger partial charge in [0, 0.05) is 24.2 Å². The van der Waals surface area contributed by atoms with Crippen LogP contribution in [0.1, 0.15) is 17.2 Å². The number of aliphatic hydroxyl groups is 1. The third kappa shape index (κ3) is 4.67. The fourth-order valence-corrected chi connectivity index (χ4v) is 3.18. The minimum Gasteiger partial charge on any atom is -0.378 e. The van der Waals surface area contributed by atoms with E-state index in [9.17, 15) is 23.1 Å². The van der Waals surface area contributed by atoms with E-state index in [0.29, 0.717) is 11.1 Å². The topological polar surface area (TPSA) is 140 Å². The predicted octanol–water partition coefficient (Wildman–Crippen LogP) is 3.19. The standard InChI is InChI=1S/C22H18F3N5O4/c23-22(24,25)15-16(12-4-2-1-3-5-12)29-33-18(15)21-28-19(30-34-21)14-8-6-13(7-9-14)17(31)20(32)27-11-10-26/h1-9,17,31H,10-11,26H2,(H,27,32)/t17-/m0/s1. The van der Waals surface area contributed by atoms with Gasteiger partial charge in [0.05, 0.1) is 0 Å². The number of alkyl halides is 3. The lowest BCUT2D eigenvalue weighted by atomic mass is 10.1. The molecule has 12 heteroatoms. The number of hydrogen-bond acceptors (Lipinski definition) is 8. The summed E-state index contributed by atoms with van der Waals surface area (Å²) in [6, 6.07) is 13.7. The highest BCUT2D eigenvalue weighted by atomic mass is 19.4. The van der Waals surface area contributed by atoms with Crippen LogP contribution in [0.5, 0.6) is 0 Å². The van der Waals surface area contributed by atoms with Crippen LogP contribution in [0, 0.1) is 0 Å². The zero-order valence-electron chi connectivity index (χ0n) is 17.4. The molecule has 0 unspecified atom stereocenters. The van der Waals surface area contributed by atoms with E-state index in [-0.39, 0.29) is 24.5 Å². The van der Waals surface area contributed by atoms with Gasteiger partial charge in [0.2, 0.25) is 11.6 Å². The van der Waals surface area contributed by atoms with Crippen molar-refractivity contribution in [3.8, 4) is 34.3 Å². The lowest BCUT2D eigenvalue weighted by Crippen LogP contribution is -2.33. The Balaban J connectivity index is 1.62. The molecule has 0 aliphatic rings. The van der Waals surface area contributed by atoms with E-state index in [0.717, 1.165) is 0 Å². The third-order valence-corrected chi connectivity index (χ3v) is 4.82. The Labute approximate surface area is 190 Å². The number of benzene rings is 2. The molecule has 4 aromatic rings. The first kappa shape index (κ1) is 23.1. The van der Waals surface area contributed by atoms with E-state index in [4.69, 9.17) is 14.8 Å². The third-order valence-electron chi connectivity index (χ3n) is 4.82. The number of amides is 1. The van der Waals surface area contributed by atoms with Gasteiger partial charge in [-0.25, -0.2) is 0 Å². The predicted molar refractivity (Wildman–Crippen MR) is 113 cm³/mol. The lowest BCUT2D eigenvalue weighted by Gasteiger charge is -2.11. The molecule has 0 spiro atoms. The first-order valence-electron chi connectivity index (χ1n) is 10.0. The van der Waals surface area contributed by atoms with Crippen molar-refractivity contribution >= 4 is 5.91 Å². The van der Waals surface area contributed by atoms with Gasteiger partial charge in [-0.2, -0.15) is 18.2 Å². The zero-order valence-corrected chi connectivity index (χ0v) is 17.4. The molecule has 0 aliphatic heterocycles. The molecule has 2 aromatic carbocycles. The molecule has 4 N–H and O–H groups in total. The van der Waals surface area contributed by atoms with Gasteiger partial charge in [-0.3, -0.25) is 4.79 Å². The van der Waals surface area contributed by atoms with Gasteiger partial charge in [0.25, 0.3) is 11.8 Å². The summed E-state index contributed by atoms with van der Waals surface area (Å²) in [5.74, 6) is -1.83. The summed E-state index contributed by atoms with van der Waals surface area (Å²) in [7, 11) is 0. The Hall–Kier alpha value is -4.03. The normalized spacial score (nSPS) is 12.5. The van der Waals surface area contributed by atoms with Crippen LogP contribution in [-0.4, -0.2) is 39.4 Å². The number of carbonyl (C=O) groups is 1. The van der Waals surface area contributed by atoms with Crippen molar-refractivity contribution < 1.29 is 32.1 Å². The largest absolute Gasteiger partial charge is 0.422 e. The number of aliphatic hydroxyl groups excluding tert-OH is 1. The summed E-state index contributed by atoms with van der Waals surface area (Å²) >= 11 is 0. The average Bonchev–Trinajstić information content (AvgIpc) is 3.50. The summed E-state index contributed by atoms with van der Waals surface area (Å²) in [5, 5.41) is 19.9. The second-order valence-corrected chi connectivity index (χ2v) is 7.13. The zero-order chi connectivity index (χ0) is 24.3. The summed E-state index contributed by atoms with van der Waals surface area (Å²) < 4.78 is 51.6. The summed E-state index contributed by atoms with van der Waals surface area (Å²) in [6.07, 6.45) is -6.21. The highest BCUT2D eigenvalue weighted by Crippen LogP contribution is 2.43. The van der Waals surface area contributed by atoms with Gasteiger partial charge in [0.1, 0.15) is 11.3 Å². The van der Waals surface area contributed by atoms with E-state index >= 15 is 0 Å². The molecule has 0 saturated carbocycles. The number of hydrogen-bond donors (Lipinski definition) is 3. The van der Waals surface area contributed by atoms with Gasteiger partial charge in [0.15, 0.2) is 6.10 Å². The van der Waals surface area contributed by atoms with E-state index in [1.54, 1.807) is 18.2 Å². The van der Waals surface area contributed by atoms with E-state index in [1.165, 1.54) is 36.4 Å². The number of nitrogens with zero attached hydrogens (tertiary/aromatic N) is 3. The highest BCUT2D eigenvalue weighted by Gasteiger charge is 2.42. The van der Waals surface area contributed by atoms with Crippen LogP contribution in [0.2, 0.25) is 0 Å². The van der Waals surface area contributed by atoms with Crippen molar-refractivity contribution in [3.05, 3.63) is 65.7 Å². The van der Waals surface area contributed by atoms with Gasteiger partial charge < -0.3 is 25.2 Å². The molecule has 2 heterocycles. The van der Waals surface area contributed by atoms with Gasteiger partial charge in [-0.1, -0.05) is 64.9 Å². The van der Waals surface area contributed by atoms with Gasteiger partial charge in [-0.15, -0.1) is 0 Å². The molecular weight excluding hydrogens is 455 g/mol.